The monoisotopic (exact) mass is 419 g/mol. The number of likely N-dealkylation sites (N-methyl/N-ethyl adjacent to an activating group) is 1. The van der Waals surface area contributed by atoms with Gasteiger partial charge in [-0.2, -0.15) is 5.10 Å². The average molecular weight is 420 g/mol. The zero-order valence-electron chi connectivity index (χ0n) is 18.5. The predicted molar refractivity (Wildman–Crippen MR) is 123 cm³/mol. The number of carbonyl (C=O) groups is 1. The summed E-state index contributed by atoms with van der Waals surface area (Å²) in [5.41, 5.74) is 3.49. The van der Waals surface area contributed by atoms with Gasteiger partial charge in [0.15, 0.2) is 0 Å². The first-order valence-corrected chi connectivity index (χ1v) is 10.4. The van der Waals surface area contributed by atoms with E-state index < -0.39 is 0 Å². The molecule has 6 heteroatoms. The highest BCUT2D eigenvalue weighted by Gasteiger charge is 2.12. The van der Waals surface area contributed by atoms with Crippen molar-refractivity contribution in [1.29, 1.82) is 0 Å². The molecule has 0 spiro atoms. The van der Waals surface area contributed by atoms with E-state index in [4.69, 9.17) is 14.7 Å². The number of benzene rings is 2. The van der Waals surface area contributed by atoms with E-state index in [1.165, 1.54) is 18.2 Å². The Bertz CT molecular complexity index is 1010. The van der Waals surface area contributed by atoms with Gasteiger partial charge >= 0.3 is 0 Å². The Morgan fingerprint density at radius 2 is 1.84 bits per heavy atom. The lowest BCUT2D eigenvalue weighted by atomic mass is 10.1. The maximum Gasteiger partial charge on any atom is 0.269 e. The third-order valence-corrected chi connectivity index (χ3v) is 4.84. The van der Waals surface area contributed by atoms with Gasteiger partial charge in [0, 0.05) is 30.4 Å². The molecule has 0 radical (unpaired) electrons. The first kappa shape index (κ1) is 22.3. The largest absolute Gasteiger partial charge is 0.494 e. The number of hydrogen-bond acceptors (Lipinski definition) is 4. The summed E-state index contributed by atoms with van der Waals surface area (Å²) in [6, 6.07) is 17.7. The number of hydrogen-bond donors (Lipinski definition) is 0. The van der Waals surface area contributed by atoms with Gasteiger partial charge in [-0.3, -0.25) is 9.63 Å². The lowest BCUT2D eigenvalue weighted by molar-refractivity contribution is -0.162. The van der Waals surface area contributed by atoms with Gasteiger partial charge in [0.2, 0.25) is 0 Å². The highest BCUT2D eigenvalue weighted by atomic mass is 16.7. The molecule has 0 aliphatic heterocycles. The molecule has 3 aromatic rings. The third-order valence-electron chi connectivity index (χ3n) is 4.84. The molecular formula is C25H29N3O3. The minimum atomic E-state index is -0.255. The van der Waals surface area contributed by atoms with Gasteiger partial charge in [0.1, 0.15) is 5.75 Å². The average Bonchev–Trinajstić information content (AvgIpc) is 3.22. The lowest BCUT2D eigenvalue weighted by Crippen LogP contribution is -2.22. The van der Waals surface area contributed by atoms with Crippen LogP contribution in [0.3, 0.4) is 0 Å². The molecule has 0 saturated carbocycles. The minimum absolute atomic E-state index is 0.255. The van der Waals surface area contributed by atoms with Crippen LogP contribution in [0.5, 0.6) is 5.75 Å². The number of amides is 1. The molecule has 0 unspecified atom stereocenters. The molecule has 1 heterocycles. The normalized spacial score (nSPS) is 11.3. The van der Waals surface area contributed by atoms with E-state index in [1.54, 1.807) is 13.1 Å². The van der Waals surface area contributed by atoms with Crippen LogP contribution in [0, 0.1) is 5.92 Å². The second kappa shape index (κ2) is 10.6. The number of hydroxylamine groups is 2. The van der Waals surface area contributed by atoms with Gasteiger partial charge in [-0.05, 0) is 54.8 Å². The number of nitrogens with zero attached hydrogens (tertiary/aromatic N) is 3. The summed E-state index contributed by atoms with van der Waals surface area (Å²) in [6.07, 6.45) is 6.16. The summed E-state index contributed by atoms with van der Waals surface area (Å²) in [4.78, 5) is 17.1. The Morgan fingerprint density at radius 3 is 2.48 bits per heavy atom. The summed E-state index contributed by atoms with van der Waals surface area (Å²) >= 11 is 0. The van der Waals surface area contributed by atoms with Gasteiger partial charge in [0.05, 0.1) is 25.1 Å². The van der Waals surface area contributed by atoms with Crippen LogP contribution in [0.4, 0.5) is 0 Å². The molecule has 0 N–H and O–H groups in total. The van der Waals surface area contributed by atoms with Crippen LogP contribution in [0.25, 0.3) is 23.0 Å². The molecule has 0 bridgehead atoms. The first-order chi connectivity index (χ1) is 15.0. The van der Waals surface area contributed by atoms with Crippen molar-refractivity contribution in [3.8, 4) is 22.7 Å². The summed E-state index contributed by atoms with van der Waals surface area (Å²) in [5, 5.41) is 5.94. The molecule has 0 aliphatic carbocycles. The highest BCUT2D eigenvalue weighted by Crippen LogP contribution is 2.27. The topological polar surface area (TPSA) is 56.6 Å². The molecule has 1 amide bonds. The van der Waals surface area contributed by atoms with Crippen molar-refractivity contribution in [3.63, 3.8) is 0 Å². The van der Waals surface area contributed by atoms with Crippen LogP contribution in [0.1, 0.15) is 25.8 Å². The summed E-state index contributed by atoms with van der Waals surface area (Å²) in [5.74, 6) is 1.19. The van der Waals surface area contributed by atoms with Crippen LogP contribution in [-0.4, -0.2) is 41.5 Å². The molecule has 0 aliphatic rings. The predicted octanol–water partition coefficient (Wildman–Crippen LogP) is 5.00. The van der Waals surface area contributed by atoms with Crippen LogP contribution >= 0.6 is 0 Å². The van der Waals surface area contributed by atoms with E-state index in [1.807, 2.05) is 65.5 Å². The first-order valence-electron chi connectivity index (χ1n) is 10.4. The minimum Gasteiger partial charge on any atom is -0.494 e. The quantitative estimate of drug-likeness (QED) is 0.362. The van der Waals surface area contributed by atoms with Crippen LogP contribution in [-0.2, 0) is 9.63 Å². The van der Waals surface area contributed by atoms with Crippen molar-refractivity contribution >= 4 is 12.0 Å². The van der Waals surface area contributed by atoms with Crippen LogP contribution < -0.4 is 4.74 Å². The van der Waals surface area contributed by atoms with Crippen molar-refractivity contribution in [3.05, 3.63) is 72.4 Å². The number of ether oxygens (including phenoxy) is 1. The number of rotatable bonds is 9. The number of aromatic nitrogens is 2. The molecule has 1 aromatic heterocycles. The van der Waals surface area contributed by atoms with E-state index in [2.05, 4.69) is 13.8 Å². The van der Waals surface area contributed by atoms with E-state index in [9.17, 15) is 4.79 Å². The van der Waals surface area contributed by atoms with E-state index in [-0.39, 0.29) is 5.91 Å². The molecular weight excluding hydrogens is 390 g/mol. The zero-order chi connectivity index (χ0) is 22.2. The Kier molecular flexibility index (Phi) is 7.62. The fourth-order valence-corrected chi connectivity index (χ4v) is 2.92. The molecule has 0 atom stereocenters. The summed E-state index contributed by atoms with van der Waals surface area (Å²) in [6.45, 7) is 5.06. The van der Waals surface area contributed by atoms with Crippen molar-refractivity contribution in [2.24, 2.45) is 5.92 Å². The SMILES string of the molecule is CON(C)C(=O)C=Cc1cn(-c2ccccc2)nc1-c1ccc(OCCC(C)C)cc1. The Morgan fingerprint density at radius 1 is 1.13 bits per heavy atom. The van der Waals surface area contributed by atoms with E-state index >= 15 is 0 Å². The van der Waals surface area contributed by atoms with Gasteiger partial charge in [0.25, 0.3) is 5.91 Å². The standard InChI is InChI=1S/C25H29N3O3/c1-19(2)16-17-31-23-13-10-20(11-14-23)25-21(12-15-24(29)27(3)30-4)18-28(26-25)22-8-6-5-7-9-22/h5-15,18-19H,16-17H2,1-4H3. The van der Waals surface area contributed by atoms with E-state index in [0.29, 0.717) is 12.5 Å². The Hall–Kier alpha value is -3.38. The summed E-state index contributed by atoms with van der Waals surface area (Å²) < 4.78 is 7.64. The Balaban J connectivity index is 1.89. The van der Waals surface area contributed by atoms with Crippen molar-refractivity contribution in [2.75, 3.05) is 20.8 Å². The maximum absolute atomic E-state index is 12.1. The molecule has 2 aromatic carbocycles. The van der Waals surface area contributed by atoms with Crippen LogP contribution in [0.15, 0.2) is 66.9 Å². The lowest BCUT2D eigenvalue weighted by Gasteiger charge is -2.10. The fourth-order valence-electron chi connectivity index (χ4n) is 2.92. The van der Waals surface area contributed by atoms with Crippen molar-refractivity contribution in [1.82, 2.24) is 14.8 Å². The Labute approximate surface area is 183 Å². The molecule has 0 fully saturated rings. The van der Waals surface area contributed by atoms with E-state index in [0.717, 1.165) is 34.7 Å². The van der Waals surface area contributed by atoms with Gasteiger partial charge < -0.3 is 4.74 Å². The second-order valence-corrected chi connectivity index (χ2v) is 7.62. The molecule has 0 saturated heterocycles. The molecule has 31 heavy (non-hydrogen) atoms. The van der Waals surface area contributed by atoms with Gasteiger partial charge in [-0.15, -0.1) is 0 Å². The molecule has 162 valence electrons. The molecule has 6 nitrogen and oxygen atoms in total. The molecule has 3 rings (SSSR count). The maximum atomic E-state index is 12.1. The number of carbonyl (C=O) groups excluding carboxylic acids is 1. The van der Waals surface area contributed by atoms with Crippen molar-refractivity contribution < 1.29 is 14.4 Å². The van der Waals surface area contributed by atoms with Crippen molar-refractivity contribution in [2.45, 2.75) is 20.3 Å². The number of para-hydroxylation sites is 1. The smallest absolute Gasteiger partial charge is 0.269 e. The highest BCUT2D eigenvalue weighted by molar-refractivity contribution is 5.92. The van der Waals surface area contributed by atoms with Gasteiger partial charge in [-0.1, -0.05) is 32.0 Å². The fraction of sp³-hybridized carbons (Fsp3) is 0.280. The van der Waals surface area contributed by atoms with Crippen LogP contribution in [0.2, 0.25) is 0 Å². The third kappa shape index (κ3) is 6.06. The summed E-state index contributed by atoms with van der Waals surface area (Å²) in [7, 11) is 3.02. The zero-order valence-corrected chi connectivity index (χ0v) is 18.5. The van der Waals surface area contributed by atoms with Gasteiger partial charge in [-0.25, -0.2) is 9.75 Å². The second-order valence-electron chi connectivity index (χ2n) is 7.62.